The van der Waals surface area contributed by atoms with Crippen LogP contribution in [0.5, 0.6) is 5.75 Å². The number of halogens is 1. The highest BCUT2D eigenvalue weighted by Crippen LogP contribution is 2.25. The average Bonchev–Trinajstić information content (AvgIpc) is 2.93. The number of aromatic nitrogens is 2. The zero-order valence-electron chi connectivity index (χ0n) is 11.6. The summed E-state index contributed by atoms with van der Waals surface area (Å²) in [7, 11) is 1.42. The fourth-order valence-corrected chi connectivity index (χ4v) is 1.81. The molecular weight excluding hydrogens is 261 g/mol. The van der Waals surface area contributed by atoms with Gasteiger partial charge in [-0.05, 0) is 37.7 Å². The van der Waals surface area contributed by atoms with Crippen molar-refractivity contribution in [3.63, 3.8) is 0 Å². The molecule has 0 aliphatic carbocycles. The van der Waals surface area contributed by atoms with Crippen LogP contribution in [0.4, 0.5) is 4.39 Å². The molecule has 0 amide bonds. The molecule has 108 valence electrons. The Balaban J connectivity index is 2.04. The van der Waals surface area contributed by atoms with Gasteiger partial charge in [-0.2, -0.15) is 0 Å². The first-order chi connectivity index (χ1) is 9.74. The molecule has 5 nitrogen and oxygen atoms in total. The van der Waals surface area contributed by atoms with Crippen molar-refractivity contribution >= 4 is 0 Å². The topological polar surface area (TPSA) is 60.2 Å². The third kappa shape index (κ3) is 3.54. The lowest BCUT2D eigenvalue weighted by atomic mass is 10.2. The van der Waals surface area contributed by atoms with Gasteiger partial charge in [0.1, 0.15) is 0 Å². The third-order valence-corrected chi connectivity index (χ3v) is 2.86. The monoisotopic (exact) mass is 279 g/mol. The van der Waals surface area contributed by atoms with Gasteiger partial charge in [0, 0.05) is 12.0 Å². The van der Waals surface area contributed by atoms with Crippen LogP contribution in [0.25, 0.3) is 11.5 Å². The molecule has 0 bridgehead atoms. The second-order valence-corrected chi connectivity index (χ2v) is 4.31. The van der Waals surface area contributed by atoms with Crippen molar-refractivity contribution in [2.24, 2.45) is 0 Å². The number of ether oxygens (including phenoxy) is 1. The van der Waals surface area contributed by atoms with E-state index in [1.165, 1.54) is 13.2 Å². The average molecular weight is 279 g/mol. The summed E-state index contributed by atoms with van der Waals surface area (Å²) in [6.07, 6.45) is 1.65. The van der Waals surface area contributed by atoms with Crippen molar-refractivity contribution in [1.82, 2.24) is 15.5 Å². The number of aryl methyl sites for hydroxylation is 1. The molecule has 20 heavy (non-hydrogen) atoms. The summed E-state index contributed by atoms with van der Waals surface area (Å²) < 4.78 is 23.8. The number of nitrogens with zero attached hydrogens (tertiary/aromatic N) is 2. The van der Waals surface area contributed by atoms with E-state index in [0.717, 1.165) is 25.9 Å². The molecule has 0 radical (unpaired) electrons. The SMILES string of the molecule is CCNCCCc1nnc(-c2ccc(F)c(OC)c2)o1. The fraction of sp³-hybridized carbons (Fsp3) is 0.429. The first kappa shape index (κ1) is 14.5. The quantitative estimate of drug-likeness (QED) is 0.789. The maximum Gasteiger partial charge on any atom is 0.247 e. The molecule has 0 fully saturated rings. The summed E-state index contributed by atoms with van der Waals surface area (Å²) in [5, 5.41) is 11.2. The smallest absolute Gasteiger partial charge is 0.247 e. The Hall–Kier alpha value is -1.95. The number of rotatable bonds is 7. The lowest BCUT2D eigenvalue weighted by Crippen LogP contribution is -2.14. The van der Waals surface area contributed by atoms with Crippen molar-refractivity contribution in [2.45, 2.75) is 19.8 Å². The highest BCUT2D eigenvalue weighted by molar-refractivity contribution is 5.55. The van der Waals surface area contributed by atoms with E-state index in [-0.39, 0.29) is 5.75 Å². The van der Waals surface area contributed by atoms with Gasteiger partial charge in [0.2, 0.25) is 11.8 Å². The van der Waals surface area contributed by atoms with Crippen LogP contribution in [0.3, 0.4) is 0 Å². The highest BCUT2D eigenvalue weighted by Gasteiger charge is 2.11. The fourth-order valence-electron chi connectivity index (χ4n) is 1.81. The van der Waals surface area contributed by atoms with E-state index >= 15 is 0 Å². The van der Waals surface area contributed by atoms with Crippen molar-refractivity contribution in [1.29, 1.82) is 0 Å². The summed E-state index contributed by atoms with van der Waals surface area (Å²) in [6, 6.07) is 4.46. The van der Waals surface area contributed by atoms with E-state index in [1.54, 1.807) is 12.1 Å². The summed E-state index contributed by atoms with van der Waals surface area (Å²) >= 11 is 0. The van der Waals surface area contributed by atoms with E-state index in [0.29, 0.717) is 17.3 Å². The van der Waals surface area contributed by atoms with Gasteiger partial charge in [-0.3, -0.25) is 0 Å². The molecule has 1 aromatic heterocycles. The molecule has 0 spiro atoms. The third-order valence-electron chi connectivity index (χ3n) is 2.86. The summed E-state index contributed by atoms with van der Waals surface area (Å²) in [4.78, 5) is 0. The van der Waals surface area contributed by atoms with E-state index in [9.17, 15) is 4.39 Å². The van der Waals surface area contributed by atoms with Crippen molar-refractivity contribution < 1.29 is 13.5 Å². The van der Waals surface area contributed by atoms with E-state index in [2.05, 4.69) is 22.4 Å². The number of hydrogen-bond acceptors (Lipinski definition) is 5. The predicted molar refractivity (Wildman–Crippen MR) is 73.1 cm³/mol. The van der Waals surface area contributed by atoms with Crippen LogP contribution < -0.4 is 10.1 Å². The lowest BCUT2D eigenvalue weighted by molar-refractivity contribution is 0.386. The van der Waals surface area contributed by atoms with Gasteiger partial charge in [-0.25, -0.2) is 4.39 Å². The molecule has 1 aromatic carbocycles. The van der Waals surface area contributed by atoms with E-state index in [1.807, 2.05) is 0 Å². The van der Waals surface area contributed by atoms with Crippen LogP contribution in [0.2, 0.25) is 0 Å². The molecule has 1 N–H and O–H groups in total. The number of hydrogen-bond donors (Lipinski definition) is 1. The molecule has 0 unspecified atom stereocenters. The molecule has 0 saturated carbocycles. The molecule has 6 heteroatoms. The number of methoxy groups -OCH3 is 1. The largest absolute Gasteiger partial charge is 0.494 e. The minimum absolute atomic E-state index is 0.161. The Morgan fingerprint density at radius 2 is 2.20 bits per heavy atom. The molecule has 2 rings (SSSR count). The Labute approximate surface area is 117 Å². The standard InChI is InChI=1S/C14H18FN3O2/c1-3-16-8-4-5-13-17-18-14(20-13)10-6-7-11(15)12(9-10)19-2/h6-7,9,16H,3-5,8H2,1-2H3. The second kappa shape index (κ2) is 7.00. The van der Waals surface area contributed by atoms with Gasteiger partial charge < -0.3 is 14.5 Å². The van der Waals surface area contributed by atoms with Gasteiger partial charge in [0.25, 0.3) is 0 Å². The van der Waals surface area contributed by atoms with Gasteiger partial charge in [-0.15, -0.1) is 10.2 Å². The molecule has 0 aliphatic heterocycles. The van der Waals surface area contributed by atoms with Crippen molar-refractivity contribution in [3.05, 3.63) is 29.9 Å². The molecule has 1 heterocycles. The van der Waals surface area contributed by atoms with Crippen LogP contribution in [0.1, 0.15) is 19.2 Å². The molecular formula is C14H18FN3O2. The zero-order valence-corrected chi connectivity index (χ0v) is 11.6. The number of benzene rings is 1. The van der Waals surface area contributed by atoms with Gasteiger partial charge >= 0.3 is 0 Å². The van der Waals surface area contributed by atoms with Crippen molar-refractivity contribution in [3.8, 4) is 17.2 Å². The summed E-state index contributed by atoms with van der Waals surface area (Å²) in [5.41, 5.74) is 0.647. The minimum atomic E-state index is -0.415. The summed E-state index contributed by atoms with van der Waals surface area (Å²) in [5.74, 6) is 0.707. The predicted octanol–water partition coefficient (Wildman–Crippen LogP) is 2.43. The Kier molecular flexibility index (Phi) is 5.06. The Morgan fingerprint density at radius 3 is 2.95 bits per heavy atom. The van der Waals surface area contributed by atoms with Gasteiger partial charge in [0.05, 0.1) is 7.11 Å². The lowest BCUT2D eigenvalue weighted by Gasteiger charge is -2.02. The van der Waals surface area contributed by atoms with Gasteiger partial charge in [-0.1, -0.05) is 6.92 Å². The second-order valence-electron chi connectivity index (χ2n) is 4.31. The molecule has 0 aliphatic rings. The maximum absolute atomic E-state index is 13.3. The molecule has 2 aromatic rings. The van der Waals surface area contributed by atoms with E-state index < -0.39 is 5.82 Å². The summed E-state index contributed by atoms with van der Waals surface area (Å²) in [6.45, 7) is 3.93. The highest BCUT2D eigenvalue weighted by atomic mass is 19.1. The van der Waals surface area contributed by atoms with Crippen LogP contribution in [-0.2, 0) is 6.42 Å². The van der Waals surface area contributed by atoms with Crippen LogP contribution >= 0.6 is 0 Å². The first-order valence-corrected chi connectivity index (χ1v) is 6.61. The first-order valence-electron chi connectivity index (χ1n) is 6.61. The van der Waals surface area contributed by atoms with E-state index in [4.69, 9.17) is 9.15 Å². The van der Waals surface area contributed by atoms with Crippen LogP contribution in [0.15, 0.2) is 22.6 Å². The van der Waals surface area contributed by atoms with Crippen LogP contribution in [0, 0.1) is 5.82 Å². The van der Waals surface area contributed by atoms with Gasteiger partial charge in [0.15, 0.2) is 11.6 Å². The Bertz CT molecular complexity index is 557. The van der Waals surface area contributed by atoms with Crippen molar-refractivity contribution in [2.75, 3.05) is 20.2 Å². The zero-order chi connectivity index (χ0) is 14.4. The molecule has 0 saturated heterocycles. The molecule has 0 atom stereocenters. The number of nitrogens with one attached hydrogen (secondary N) is 1. The Morgan fingerprint density at radius 1 is 1.35 bits per heavy atom. The minimum Gasteiger partial charge on any atom is -0.494 e. The maximum atomic E-state index is 13.3. The van der Waals surface area contributed by atoms with Crippen LogP contribution in [-0.4, -0.2) is 30.4 Å². The normalized spacial score (nSPS) is 10.8.